The number of ether oxygens (including phenoxy) is 3. The fraction of sp³-hybridized carbons (Fsp3) is 0.395. The molecule has 2 heterocycles. The molecule has 11 heteroatoms. The van der Waals surface area contributed by atoms with Crippen LogP contribution in [0.15, 0.2) is 94.6 Å². The summed E-state index contributed by atoms with van der Waals surface area (Å²) in [6.45, 7) is 11.6. The van der Waals surface area contributed by atoms with E-state index in [1.807, 2.05) is 88.5 Å². The molecule has 1 unspecified atom stereocenters. The van der Waals surface area contributed by atoms with Crippen LogP contribution in [0.1, 0.15) is 49.4 Å². The maximum absolute atomic E-state index is 13.4. The number of aliphatic hydroxyl groups excluding tert-OH is 1. The number of nitrogens with one attached hydrogen (secondary N) is 1. The summed E-state index contributed by atoms with van der Waals surface area (Å²) in [4.78, 5) is 28.0. The van der Waals surface area contributed by atoms with Crippen molar-refractivity contribution in [1.82, 2.24) is 9.55 Å². The molecule has 49 heavy (non-hydrogen) atoms. The molecule has 0 aliphatic carbocycles. The van der Waals surface area contributed by atoms with Crippen molar-refractivity contribution in [2.75, 3.05) is 14.2 Å². The highest BCUT2D eigenvalue weighted by molar-refractivity contribution is 6.83. The zero-order chi connectivity index (χ0) is 36.0. The van der Waals surface area contributed by atoms with E-state index in [1.54, 1.807) is 38.5 Å². The minimum absolute atomic E-state index is 0.188. The van der Waals surface area contributed by atoms with Gasteiger partial charge in [0, 0.05) is 18.2 Å². The molecule has 0 amide bonds. The van der Waals surface area contributed by atoms with E-state index < -0.39 is 52.9 Å². The molecule has 4 atom stereocenters. The Kier molecular flexibility index (Phi) is 9.33. The Bertz CT molecular complexity index is 1910. The molecule has 3 aromatic carbocycles. The summed E-state index contributed by atoms with van der Waals surface area (Å²) < 4.78 is 18.8. The first-order valence-electron chi connectivity index (χ1n) is 16.2. The van der Waals surface area contributed by atoms with Crippen molar-refractivity contribution in [1.29, 1.82) is 5.26 Å². The summed E-state index contributed by atoms with van der Waals surface area (Å²) in [6.07, 6.45) is -1.99. The Balaban J connectivity index is 1.89. The average molecular weight is 684 g/mol. The first-order valence-corrected chi connectivity index (χ1v) is 19.2. The Morgan fingerprint density at radius 3 is 1.88 bits per heavy atom. The minimum atomic E-state index is -3.02. The van der Waals surface area contributed by atoms with Crippen LogP contribution >= 0.6 is 0 Å². The van der Waals surface area contributed by atoms with E-state index in [1.165, 1.54) is 13.1 Å². The third-order valence-corrected chi connectivity index (χ3v) is 17.4. The maximum atomic E-state index is 13.4. The number of hydrogen-bond acceptors (Lipinski definition) is 8. The van der Waals surface area contributed by atoms with Gasteiger partial charge in [-0.3, -0.25) is 14.3 Å². The number of H-pyrrole nitrogens is 1. The fourth-order valence-corrected chi connectivity index (χ4v) is 10.0. The summed E-state index contributed by atoms with van der Waals surface area (Å²) in [6, 6.07) is 26.3. The summed E-state index contributed by atoms with van der Waals surface area (Å²) in [5.74, 6) is 1.22. The van der Waals surface area contributed by atoms with Crippen molar-refractivity contribution >= 4 is 8.07 Å². The van der Waals surface area contributed by atoms with Gasteiger partial charge in [0.05, 0.1) is 32.9 Å². The van der Waals surface area contributed by atoms with E-state index >= 15 is 0 Å². The second kappa shape index (κ2) is 12.8. The zero-order valence-corrected chi connectivity index (χ0v) is 30.3. The summed E-state index contributed by atoms with van der Waals surface area (Å²) in [5, 5.41) is 35.2. The van der Waals surface area contributed by atoms with Gasteiger partial charge >= 0.3 is 5.69 Å². The van der Waals surface area contributed by atoms with Gasteiger partial charge in [0.1, 0.15) is 29.8 Å². The SMILES string of the molecule is COc1ccc(C(c2ccccc2)(c2ccc(OC)cc2)C(O)[C@H]2O[C@@](C#N)(n3cc(C)c(=O)[nH]c3=O)C[C@@]2(O)[Si](C)(C)C(C)(C)C)cc1. The number of aryl methyl sites for hydroxylation is 1. The molecule has 0 bridgehead atoms. The molecular weight excluding hydrogens is 639 g/mol. The summed E-state index contributed by atoms with van der Waals surface area (Å²) in [7, 11) is 0.129. The standard InChI is InChI=1S/C38H45N3O7Si/c1-25-22-41(34(44)40-33(25)43)36(24-39)23-37(45,49(7,8)35(2,3)4)32(48-36)31(42)38(26-12-10-9-11-13-26,27-14-18-29(46-5)19-15-27)28-16-20-30(47-6)21-17-28/h9-22,31-32,42,45H,23H2,1-8H3,(H,40,43,44)/t31?,32-,36+,37-/m1/s1. The second-order valence-corrected chi connectivity index (χ2v) is 20.0. The van der Waals surface area contributed by atoms with E-state index in [4.69, 9.17) is 14.2 Å². The molecular formula is C38H45N3O7Si. The number of benzene rings is 3. The monoisotopic (exact) mass is 683 g/mol. The number of nitrogens with zero attached hydrogens (tertiary/aromatic N) is 2. The summed E-state index contributed by atoms with van der Waals surface area (Å²) in [5.41, 5.74) is -2.68. The van der Waals surface area contributed by atoms with Crippen LogP contribution in [-0.2, 0) is 15.9 Å². The van der Waals surface area contributed by atoms with Gasteiger partial charge in [0.2, 0.25) is 5.72 Å². The lowest BCUT2D eigenvalue weighted by Crippen LogP contribution is -2.68. The van der Waals surface area contributed by atoms with Crippen LogP contribution in [0.25, 0.3) is 0 Å². The topological polar surface area (TPSA) is 147 Å². The molecule has 1 aliphatic rings. The Morgan fingerprint density at radius 1 is 0.939 bits per heavy atom. The van der Waals surface area contributed by atoms with Gasteiger partial charge in [-0.25, -0.2) is 4.79 Å². The Labute approximate surface area is 287 Å². The predicted octanol–water partition coefficient (Wildman–Crippen LogP) is 5.00. The molecule has 4 aromatic rings. The molecule has 3 N–H and O–H groups in total. The average Bonchev–Trinajstić information content (AvgIpc) is 3.42. The van der Waals surface area contributed by atoms with Gasteiger partial charge < -0.3 is 24.4 Å². The lowest BCUT2D eigenvalue weighted by atomic mass is 9.64. The zero-order valence-electron chi connectivity index (χ0n) is 29.3. The maximum Gasteiger partial charge on any atom is 0.331 e. The van der Waals surface area contributed by atoms with Gasteiger partial charge in [0.15, 0.2) is 0 Å². The molecule has 258 valence electrons. The van der Waals surface area contributed by atoms with Crippen LogP contribution in [0.5, 0.6) is 11.5 Å². The molecule has 0 saturated carbocycles. The molecule has 1 fully saturated rings. The van der Waals surface area contributed by atoms with Gasteiger partial charge in [-0.1, -0.05) is 88.5 Å². The molecule has 5 rings (SSSR count). The van der Waals surface area contributed by atoms with E-state index in [0.717, 1.165) is 4.57 Å². The second-order valence-electron chi connectivity index (χ2n) is 14.4. The van der Waals surface area contributed by atoms with Crippen molar-refractivity contribution < 1.29 is 24.4 Å². The lowest BCUT2D eigenvalue weighted by molar-refractivity contribution is -0.133. The molecule has 1 saturated heterocycles. The highest BCUT2D eigenvalue weighted by atomic mass is 28.3. The quantitative estimate of drug-likeness (QED) is 0.165. The number of hydrogen-bond donors (Lipinski definition) is 3. The van der Waals surface area contributed by atoms with Crippen LogP contribution in [0.4, 0.5) is 0 Å². The largest absolute Gasteiger partial charge is 0.497 e. The van der Waals surface area contributed by atoms with Gasteiger partial charge in [-0.05, 0) is 52.9 Å². The molecule has 0 spiro atoms. The number of aromatic amines is 1. The van der Waals surface area contributed by atoms with Gasteiger partial charge in [-0.2, -0.15) is 5.26 Å². The van der Waals surface area contributed by atoms with E-state index in [2.05, 4.69) is 11.1 Å². The van der Waals surface area contributed by atoms with Crippen molar-refractivity contribution in [3.63, 3.8) is 0 Å². The molecule has 0 radical (unpaired) electrons. The van der Waals surface area contributed by atoms with E-state index in [9.17, 15) is 25.1 Å². The normalized spacial score (nSPS) is 21.9. The van der Waals surface area contributed by atoms with Gasteiger partial charge in [-0.15, -0.1) is 0 Å². The molecule has 10 nitrogen and oxygen atoms in total. The third kappa shape index (κ3) is 5.62. The van der Waals surface area contributed by atoms with Crippen molar-refractivity contribution in [2.24, 2.45) is 0 Å². The number of nitriles is 1. The van der Waals surface area contributed by atoms with Crippen LogP contribution in [0, 0.1) is 18.3 Å². The minimum Gasteiger partial charge on any atom is -0.497 e. The van der Waals surface area contributed by atoms with Gasteiger partial charge in [0.25, 0.3) is 5.56 Å². The number of aromatic nitrogens is 2. The number of rotatable bonds is 9. The molecule has 1 aliphatic heterocycles. The number of aliphatic hydroxyl groups is 2. The smallest absolute Gasteiger partial charge is 0.331 e. The fourth-order valence-electron chi connectivity index (χ4n) is 7.11. The first-order chi connectivity index (χ1) is 23.0. The Hall–Kier alpha value is -4.47. The van der Waals surface area contributed by atoms with Crippen LogP contribution in [-0.4, -0.2) is 59.5 Å². The van der Waals surface area contributed by atoms with E-state index in [-0.39, 0.29) is 12.0 Å². The predicted molar refractivity (Wildman–Crippen MR) is 190 cm³/mol. The molecule has 1 aromatic heterocycles. The van der Waals surface area contributed by atoms with Crippen LogP contribution < -0.4 is 20.7 Å². The first kappa shape index (κ1) is 35.8. The van der Waals surface area contributed by atoms with Crippen LogP contribution in [0.2, 0.25) is 18.1 Å². The summed E-state index contributed by atoms with van der Waals surface area (Å²) >= 11 is 0. The van der Waals surface area contributed by atoms with Crippen LogP contribution in [0.3, 0.4) is 0 Å². The van der Waals surface area contributed by atoms with Crippen molar-refractivity contribution in [2.45, 2.75) is 80.8 Å². The Morgan fingerprint density at radius 2 is 1.43 bits per heavy atom. The van der Waals surface area contributed by atoms with Crippen molar-refractivity contribution in [3.05, 3.63) is 128 Å². The third-order valence-electron chi connectivity index (χ3n) is 11.0. The highest BCUT2D eigenvalue weighted by Gasteiger charge is 2.70. The highest BCUT2D eigenvalue weighted by Crippen LogP contribution is 2.57. The number of methoxy groups -OCH3 is 2. The lowest BCUT2D eigenvalue weighted by Gasteiger charge is -2.52. The van der Waals surface area contributed by atoms with E-state index in [0.29, 0.717) is 28.2 Å². The van der Waals surface area contributed by atoms with Crippen molar-refractivity contribution in [3.8, 4) is 17.6 Å².